The van der Waals surface area contributed by atoms with Gasteiger partial charge in [0.1, 0.15) is 4.88 Å². The van der Waals surface area contributed by atoms with Crippen molar-refractivity contribution in [3.63, 3.8) is 0 Å². The number of halogens is 1. The van der Waals surface area contributed by atoms with Crippen LogP contribution >= 0.6 is 23.7 Å². The molecule has 1 fully saturated rings. The summed E-state index contributed by atoms with van der Waals surface area (Å²) in [6.07, 6.45) is 3.10. The van der Waals surface area contributed by atoms with E-state index in [1.807, 2.05) is 0 Å². The van der Waals surface area contributed by atoms with Crippen LogP contribution in [0.25, 0.3) is 0 Å². The molecule has 1 aromatic heterocycles. The van der Waals surface area contributed by atoms with Crippen LogP contribution in [-0.2, 0) is 14.8 Å². The smallest absolute Gasteiger partial charge is 0.348 e. The highest BCUT2D eigenvalue weighted by Gasteiger charge is 2.20. The third-order valence-electron chi connectivity index (χ3n) is 3.52. The first-order valence-corrected chi connectivity index (χ1v) is 9.26. The number of esters is 1. The third-order valence-corrected chi connectivity index (χ3v) is 6.02. The van der Waals surface area contributed by atoms with Crippen molar-refractivity contribution in [2.24, 2.45) is 5.92 Å². The number of rotatable bonds is 6. The Morgan fingerprint density at radius 2 is 2.32 bits per heavy atom. The van der Waals surface area contributed by atoms with Crippen molar-refractivity contribution in [3.05, 3.63) is 16.3 Å². The molecule has 22 heavy (non-hydrogen) atoms. The van der Waals surface area contributed by atoms with Crippen LogP contribution in [-0.4, -0.2) is 41.1 Å². The van der Waals surface area contributed by atoms with Gasteiger partial charge in [0.05, 0.1) is 12.0 Å². The Labute approximate surface area is 141 Å². The second kappa shape index (κ2) is 8.83. The van der Waals surface area contributed by atoms with Gasteiger partial charge in [-0.3, -0.25) is 0 Å². The summed E-state index contributed by atoms with van der Waals surface area (Å²) in [6.45, 7) is 2.41. The number of methoxy groups -OCH3 is 1. The Hall–Kier alpha value is -0.670. The van der Waals surface area contributed by atoms with E-state index in [0.717, 1.165) is 43.7 Å². The van der Waals surface area contributed by atoms with E-state index in [1.54, 1.807) is 0 Å². The van der Waals surface area contributed by atoms with Crippen LogP contribution in [0.1, 0.15) is 28.9 Å². The number of thiophene rings is 1. The minimum Gasteiger partial charge on any atom is -0.465 e. The first kappa shape index (κ1) is 19.4. The van der Waals surface area contributed by atoms with Crippen LogP contribution in [0.15, 0.2) is 16.3 Å². The quantitative estimate of drug-likeness (QED) is 0.745. The monoisotopic (exact) mass is 368 g/mol. The third kappa shape index (κ3) is 5.20. The van der Waals surface area contributed by atoms with Crippen LogP contribution in [0.5, 0.6) is 0 Å². The lowest BCUT2D eigenvalue weighted by atomic mass is 9.96. The summed E-state index contributed by atoms with van der Waals surface area (Å²) in [5, 5.41) is 4.76. The molecule has 126 valence electrons. The second-order valence-electron chi connectivity index (χ2n) is 5.04. The maximum atomic E-state index is 12.1. The predicted molar refractivity (Wildman–Crippen MR) is 88.3 cm³/mol. The standard InChI is InChI=1S/C13H20N2O4S2.ClH/c1-19-13(16)12-7-11(9-20-12)21(17,18)15-6-4-10-3-2-5-14-8-10;/h7,9-10,14-15H,2-6,8H2,1H3;1H. The molecular weight excluding hydrogens is 348 g/mol. The van der Waals surface area contributed by atoms with Crippen LogP contribution < -0.4 is 10.0 Å². The van der Waals surface area contributed by atoms with Gasteiger partial charge in [-0.05, 0) is 44.3 Å². The van der Waals surface area contributed by atoms with Gasteiger partial charge >= 0.3 is 5.97 Å². The summed E-state index contributed by atoms with van der Waals surface area (Å²) < 4.78 is 31.4. The number of sulfonamides is 1. The number of hydrogen-bond donors (Lipinski definition) is 2. The van der Waals surface area contributed by atoms with Gasteiger partial charge < -0.3 is 10.1 Å². The van der Waals surface area contributed by atoms with Gasteiger partial charge in [-0.2, -0.15) is 0 Å². The molecule has 0 bridgehead atoms. The number of piperidine rings is 1. The van der Waals surface area contributed by atoms with E-state index in [2.05, 4.69) is 14.8 Å². The minimum absolute atomic E-state index is 0. The van der Waals surface area contributed by atoms with E-state index < -0.39 is 16.0 Å². The van der Waals surface area contributed by atoms with Crippen molar-refractivity contribution >= 4 is 39.7 Å². The van der Waals surface area contributed by atoms with E-state index in [9.17, 15) is 13.2 Å². The van der Waals surface area contributed by atoms with Gasteiger partial charge in [0.25, 0.3) is 0 Å². The molecule has 2 N–H and O–H groups in total. The summed E-state index contributed by atoms with van der Waals surface area (Å²) >= 11 is 1.07. The zero-order valence-corrected chi connectivity index (χ0v) is 14.8. The van der Waals surface area contributed by atoms with E-state index >= 15 is 0 Å². The summed E-state index contributed by atoms with van der Waals surface area (Å²) in [6, 6.07) is 1.35. The molecule has 1 aliphatic rings. The number of nitrogens with one attached hydrogen (secondary N) is 2. The highest BCUT2D eigenvalue weighted by molar-refractivity contribution is 7.89. The molecule has 0 amide bonds. The van der Waals surface area contributed by atoms with Gasteiger partial charge in [0.15, 0.2) is 0 Å². The summed E-state index contributed by atoms with van der Waals surface area (Å²) in [5.74, 6) is 0.00397. The van der Waals surface area contributed by atoms with Crippen molar-refractivity contribution in [2.45, 2.75) is 24.2 Å². The molecule has 0 aromatic carbocycles. The molecule has 1 aliphatic heterocycles. The fourth-order valence-corrected chi connectivity index (χ4v) is 4.56. The molecule has 0 saturated carbocycles. The number of carbonyl (C=O) groups excluding carboxylic acids is 1. The Balaban J connectivity index is 0.00000242. The van der Waals surface area contributed by atoms with E-state index in [-0.39, 0.29) is 22.2 Å². The van der Waals surface area contributed by atoms with E-state index in [4.69, 9.17) is 0 Å². The zero-order chi connectivity index (χ0) is 15.3. The number of hydrogen-bond acceptors (Lipinski definition) is 6. The minimum atomic E-state index is -3.55. The lowest BCUT2D eigenvalue weighted by molar-refractivity contribution is 0.0606. The van der Waals surface area contributed by atoms with Gasteiger partial charge in [-0.25, -0.2) is 17.9 Å². The Kier molecular flexibility index (Phi) is 7.78. The predicted octanol–water partition coefficient (Wildman–Crippen LogP) is 1.62. The van der Waals surface area contributed by atoms with Crippen molar-refractivity contribution in [1.29, 1.82) is 0 Å². The van der Waals surface area contributed by atoms with Crippen LogP contribution in [0.4, 0.5) is 0 Å². The molecular formula is C13H21ClN2O4S2. The van der Waals surface area contributed by atoms with Gasteiger partial charge in [-0.15, -0.1) is 23.7 Å². The second-order valence-corrected chi connectivity index (χ2v) is 7.72. The molecule has 1 saturated heterocycles. The Morgan fingerprint density at radius 3 is 2.95 bits per heavy atom. The Morgan fingerprint density at radius 1 is 1.55 bits per heavy atom. The first-order chi connectivity index (χ1) is 10.0. The molecule has 2 heterocycles. The number of carbonyl (C=O) groups is 1. The van der Waals surface area contributed by atoms with E-state index in [1.165, 1.54) is 18.6 Å². The van der Waals surface area contributed by atoms with Crippen molar-refractivity contribution in [2.75, 3.05) is 26.7 Å². The van der Waals surface area contributed by atoms with E-state index in [0.29, 0.717) is 12.5 Å². The van der Waals surface area contributed by atoms with Crippen LogP contribution in [0, 0.1) is 5.92 Å². The largest absolute Gasteiger partial charge is 0.465 e. The molecule has 1 atom stereocenters. The molecule has 0 aliphatic carbocycles. The Bertz CT molecular complexity index is 583. The SMILES string of the molecule is COC(=O)c1cc(S(=O)(=O)NCCC2CCCNC2)cs1.Cl. The van der Waals surface area contributed by atoms with Gasteiger partial charge in [-0.1, -0.05) is 0 Å². The average molecular weight is 369 g/mol. The average Bonchev–Trinajstić information content (AvgIpc) is 2.98. The van der Waals surface area contributed by atoms with Crippen molar-refractivity contribution < 1.29 is 17.9 Å². The molecule has 0 spiro atoms. The van der Waals surface area contributed by atoms with Crippen molar-refractivity contribution in [3.8, 4) is 0 Å². The highest BCUT2D eigenvalue weighted by Crippen LogP contribution is 2.20. The van der Waals surface area contributed by atoms with Gasteiger partial charge in [0, 0.05) is 11.9 Å². The maximum absolute atomic E-state index is 12.1. The molecule has 0 radical (unpaired) electrons. The summed E-state index contributed by atoms with van der Waals surface area (Å²) in [4.78, 5) is 11.7. The lowest BCUT2D eigenvalue weighted by Gasteiger charge is -2.22. The maximum Gasteiger partial charge on any atom is 0.348 e. The molecule has 1 unspecified atom stereocenters. The topological polar surface area (TPSA) is 84.5 Å². The van der Waals surface area contributed by atoms with Crippen molar-refractivity contribution in [1.82, 2.24) is 10.0 Å². The van der Waals surface area contributed by atoms with Gasteiger partial charge in [0.2, 0.25) is 10.0 Å². The first-order valence-electron chi connectivity index (χ1n) is 6.90. The molecule has 6 nitrogen and oxygen atoms in total. The number of ether oxygens (including phenoxy) is 1. The molecule has 1 aromatic rings. The summed E-state index contributed by atoms with van der Waals surface area (Å²) in [7, 11) is -2.28. The van der Waals surface area contributed by atoms with Crippen LogP contribution in [0.3, 0.4) is 0 Å². The highest BCUT2D eigenvalue weighted by atomic mass is 35.5. The fraction of sp³-hybridized carbons (Fsp3) is 0.615. The zero-order valence-electron chi connectivity index (χ0n) is 12.3. The molecule has 9 heteroatoms. The lowest BCUT2D eigenvalue weighted by Crippen LogP contribution is -2.33. The fourth-order valence-electron chi connectivity index (χ4n) is 2.32. The normalized spacial score (nSPS) is 18.5. The molecule has 2 rings (SSSR count). The summed E-state index contributed by atoms with van der Waals surface area (Å²) in [5.41, 5.74) is 0. The van der Waals surface area contributed by atoms with Crippen LogP contribution in [0.2, 0.25) is 0 Å².